The Labute approximate surface area is 191 Å². The van der Waals surface area contributed by atoms with Gasteiger partial charge in [0.1, 0.15) is 6.54 Å². The molecule has 0 aromatic heterocycles. The van der Waals surface area contributed by atoms with E-state index in [4.69, 9.17) is 51.1 Å². The maximum absolute atomic E-state index is 12.6. The summed E-state index contributed by atoms with van der Waals surface area (Å²) in [6.07, 6.45) is -1.12. The maximum Gasteiger partial charge on any atom is 0.326 e. The lowest BCUT2D eigenvalue weighted by Gasteiger charge is -2.16. The third-order valence-corrected chi connectivity index (χ3v) is 6.29. The lowest BCUT2D eigenvalue weighted by Crippen LogP contribution is -2.37. The van der Waals surface area contributed by atoms with Gasteiger partial charge < -0.3 is 4.74 Å². The molecule has 3 rings (SSSR count). The first-order valence-corrected chi connectivity index (χ1v) is 10.1. The predicted molar refractivity (Wildman–Crippen MR) is 113 cm³/mol. The Morgan fingerprint density at radius 1 is 0.900 bits per heavy atom. The van der Waals surface area contributed by atoms with E-state index >= 15 is 0 Å². The molecule has 0 N–H and O–H groups in total. The van der Waals surface area contributed by atoms with Crippen LogP contribution in [0.4, 0.5) is 0 Å². The van der Waals surface area contributed by atoms with Crippen LogP contribution >= 0.6 is 46.4 Å². The largest absolute Gasteiger partial charge is 0.453 e. The molecule has 1 atom stereocenters. The van der Waals surface area contributed by atoms with Gasteiger partial charge in [0.2, 0.25) is 5.78 Å². The molecule has 0 aliphatic carbocycles. The van der Waals surface area contributed by atoms with E-state index in [1.165, 1.54) is 6.92 Å². The second-order valence-corrected chi connectivity index (χ2v) is 8.08. The number of amides is 2. The minimum absolute atomic E-state index is 0.176. The quantitative estimate of drug-likeness (QED) is 0.194. The number of benzene rings is 2. The summed E-state index contributed by atoms with van der Waals surface area (Å²) in [5, 5.41) is -0.827. The van der Waals surface area contributed by atoms with Gasteiger partial charge in [0, 0.05) is 5.56 Å². The number of Topliss-reactive ketones (excluding diaryl/α,β-unsaturated/α-hetero) is 1. The smallest absolute Gasteiger partial charge is 0.326 e. The van der Waals surface area contributed by atoms with Gasteiger partial charge in [0.25, 0.3) is 11.8 Å². The molecular formula is C20H13Cl4NO5. The molecule has 0 saturated carbocycles. The number of imide groups is 1. The molecule has 0 bridgehead atoms. The first kappa shape index (κ1) is 22.6. The fourth-order valence-electron chi connectivity index (χ4n) is 2.91. The second kappa shape index (κ2) is 8.55. The first-order valence-electron chi connectivity index (χ1n) is 8.57. The summed E-state index contributed by atoms with van der Waals surface area (Å²) >= 11 is 24.0. The van der Waals surface area contributed by atoms with Crippen molar-refractivity contribution in [3.8, 4) is 0 Å². The number of fused-ring (bicyclic) bond motifs is 1. The molecule has 0 spiro atoms. The highest BCUT2D eigenvalue weighted by Gasteiger charge is 2.42. The van der Waals surface area contributed by atoms with E-state index in [1.54, 1.807) is 24.3 Å². The summed E-state index contributed by atoms with van der Waals surface area (Å²) in [5.74, 6) is -3.11. The Bertz CT molecular complexity index is 1050. The molecule has 30 heavy (non-hydrogen) atoms. The van der Waals surface area contributed by atoms with E-state index in [0.29, 0.717) is 10.5 Å². The van der Waals surface area contributed by atoms with Crippen molar-refractivity contribution < 1.29 is 23.9 Å². The van der Waals surface area contributed by atoms with Crippen LogP contribution in [-0.4, -0.2) is 41.1 Å². The average Bonchev–Trinajstić information content (AvgIpc) is 2.95. The number of carbonyl (C=O) groups excluding carboxylic acids is 4. The first-order chi connectivity index (χ1) is 14.0. The SMILES string of the molecule is Cc1ccc(C(=O)[C@H](C)OC(=O)CN2C(=O)c3c(Cl)c(Cl)c(Cl)c(Cl)c3C2=O)cc1. The number of hydrogen-bond acceptors (Lipinski definition) is 5. The molecule has 1 heterocycles. The normalized spacial score (nSPS) is 14.0. The number of ether oxygens (including phenoxy) is 1. The molecule has 0 fully saturated rings. The van der Waals surface area contributed by atoms with Crippen LogP contribution in [0.25, 0.3) is 0 Å². The van der Waals surface area contributed by atoms with Gasteiger partial charge in [-0.2, -0.15) is 0 Å². The van der Waals surface area contributed by atoms with Crippen LogP contribution in [0.3, 0.4) is 0 Å². The molecule has 156 valence electrons. The number of halogens is 4. The van der Waals surface area contributed by atoms with Gasteiger partial charge >= 0.3 is 5.97 Å². The standard InChI is InChI=1S/C20H13Cl4NO5/c1-8-3-5-10(6-4-8)18(27)9(2)30-11(26)7-25-19(28)12-13(20(25)29)15(22)17(24)16(23)14(12)21/h3-6,9H,7H2,1-2H3/t9-/m0/s1. The summed E-state index contributed by atoms with van der Waals surface area (Å²) in [6, 6.07) is 6.74. The fraction of sp³-hybridized carbons (Fsp3) is 0.200. The van der Waals surface area contributed by atoms with Gasteiger partial charge in [-0.1, -0.05) is 76.2 Å². The lowest BCUT2D eigenvalue weighted by atomic mass is 10.1. The van der Waals surface area contributed by atoms with Crippen LogP contribution in [0.1, 0.15) is 43.6 Å². The van der Waals surface area contributed by atoms with Crippen molar-refractivity contribution in [1.29, 1.82) is 0 Å². The number of aryl methyl sites for hydroxylation is 1. The summed E-state index contributed by atoms with van der Waals surface area (Å²) in [4.78, 5) is 50.6. The number of hydrogen-bond donors (Lipinski definition) is 0. The molecule has 1 aliphatic heterocycles. The molecule has 10 heteroatoms. The summed E-state index contributed by atoms with van der Waals surface area (Å²) in [6.45, 7) is 2.54. The molecule has 6 nitrogen and oxygen atoms in total. The van der Waals surface area contributed by atoms with Crippen molar-refractivity contribution in [2.45, 2.75) is 20.0 Å². The van der Waals surface area contributed by atoms with E-state index in [9.17, 15) is 19.2 Å². The van der Waals surface area contributed by atoms with Crippen molar-refractivity contribution in [1.82, 2.24) is 4.90 Å². The van der Waals surface area contributed by atoms with E-state index in [-0.39, 0.29) is 31.2 Å². The highest BCUT2D eigenvalue weighted by atomic mass is 35.5. The molecule has 2 amide bonds. The Balaban J connectivity index is 1.76. The zero-order valence-corrected chi connectivity index (χ0v) is 18.6. The van der Waals surface area contributed by atoms with Gasteiger partial charge in [0.05, 0.1) is 31.2 Å². The summed E-state index contributed by atoms with van der Waals surface area (Å²) < 4.78 is 5.11. The monoisotopic (exact) mass is 487 g/mol. The highest BCUT2D eigenvalue weighted by Crippen LogP contribution is 2.44. The predicted octanol–water partition coefficient (Wildman–Crippen LogP) is 5.02. The molecule has 0 unspecified atom stereocenters. The van der Waals surface area contributed by atoms with Crippen molar-refractivity contribution >= 4 is 70.0 Å². The van der Waals surface area contributed by atoms with E-state index < -0.39 is 36.2 Å². The van der Waals surface area contributed by atoms with E-state index in [0.717, 1.165) is 5.56 Å². The van der Waals surface area contributed by atoms with Gasteiger partial charge in [-0.25, -0.2) is 0 Å². The Morgan fingerprint density at radius 3 is 1.83 bits per heavy atom. The molecule has 2 aromatic carbocycles. The number of nitrogens with zero attached hydrogens (tertiary/aromatic N) is 1. The number of carbonyl (C=O) groups is 4. The number of rotatable bonds is 5. The Morgan fingerprint density at radius 2 is 1.37 bits per heavy atom. The van der Waals surface area contributed by atoms with Crippen LogP contribution in [0.2, 0.25) is 20.1 Å². The van der Waals surface area contributed by atoms with E-state index in [2.05, 4.69) is 0 Å². The highest BCUT2D eigenvalue weighted by molar-refractivity contribution is 6.55. The third-order valence-electron chi connectivity index (χ3n) is 4.49. The van der Waals surface area contributed by atoms with Crippen LogP contribution in [0.5, 0.6) is 0 Å². The fourth-order valence-corrected chi connectivity index (χ4v) is 3.92. The van der Waals surface area contributed by atoms with Gasteiger partial charge in [-0.05, 0) is 13.8 Å². The van der Waals surface area contributed by atoms with Gasteiger partial charge in [-0.15, -0.1) is 0 Å². The molecule has 1 aliphatic rings. The van der Waals surface area contributed by atoms with Crippen molar-refractivity contribution in [3.05, 3.63) is 66.6 Å². The van der Waals surface area contributed by atoms with Gasteiger partial charge in [0.15, 0.2) is 6.10 Å². The lowest BCUT2D eigenvalue weighted by molar-refractivity contribution is -0.146. The molecular weight excluding hydrogens is 476 g/mol. The minimum Gasteiger partial charge on any atom is -0.453 e. The Kier molecular flexibility index (Phi) is 6.43. The molecule has 2 aromatic rings. The number of ketones is 1. The van der Waals surface area contributed by atoms with Crippen LogP contribution in [0, 0.1) is 6.92 Å². The third kappa shape index (κ3) is 3.93. The van der Waals surface area contributed by atoms with Crippen molar-refractivity contribution in [2.75, 3.05) is 6.54 Å². The van der Waals surface area contributed by atoms with Crippen LogP contribution in [-0.2, 0) is 9.53 Å². The Hall–Kier alpha value is -2.12. The molecule has 0 saturated heterocycles. The average molecular weight is 489 g/mol. The second-order valence-electron chi connectivity index (χ2n) is 6.56. The van der Waals surface area contributed by atoms with E-state index in [1.807, 2.05) is 6.92 Å². The number of esters is 1. The van der Waals surface area contributed by atoms with Crippen molar-refractivity contribution in [2.24, 2.45) is 0 Å². The van der Waals surface area contributed by atoms with Gasteiger partial charge in [-0.3, -0.25) is 24.1 Å². The van der Waals surface area contributed by atoms with Crippen molar-refractivity contribution in [3.63, 3.8) is 0 Å². The maximum atomic E-state index is 12.6. The summed E-state index contributed by atoms with van der Waals surface area (Å²) in [5.41, 5.74) is 0.860. The van der Waals surface area contributed by atoms with Crippen LogP contribution < -0.4 is 0 Å². The zero-order chi connectivity index (χ0) is 22.3. The topological polar surface area (TPSA) is 80.8 Å². The van der Waals surface area contributed by atoms with Crippen LogP contribution in [0.15, 0.2) is 24.3 Å². The minimum atomic E-state index is -1.12. The molecule has 0 radical (unpaired) electrons. The summed E-state index contributed by atoms with van der Waals surface area (Å²) in [7, 11) is 0. The zero-order valence-electron chi connectivity index (χ0n) is 15.6.